The average Bonchev–Trinajstić information content (AvgIpc) is 2.59. The molecule has 0 N–H and O–H groups in total. The maximum Gasteiger partial charge on any atom is 0.269 e. The molecule has 0 atom stereocenters. The third-order valence-corrected chi connectivity index (χ3v) is 3.46. The molecule has 5 nitrogen and oxygen atoms in total. The van der Waals surface area contributed by atoms with Crippen LogP contribution in [0.15, 0.2) is 66.9 Å². The van der Waals surface area contributed by atoms with Crippen LogP contribution in [0.1, 0.15) is 15.9 Å². The number of hydrogen-bond acceptors (Lipinski definition) is 4. The van der Waals surface area contributed by atoms with E-state index in [1.54, 1.807) is 12.3 Å². The summed E-state index contributed by atoms with van der Waals surface area (Å²) in [5.41, 5.74) is 2.12. The van der Waals surface area contributed by atoms with E-state index in [1.807, 2.05) is 30.3 Å². The number of hydrogen-bond donors (Lipinski definition) is 0. The topological polar surface area (TPSA) is 73.1 Å². The summed E-state index contributed by atoms with van der Waals surface area (Å²) in [5.74, 6) is -0.208. The Morgan fingerprint density at radius 3 is 2.52 bits per heavy atom. The smallest absolute Gasteiger partial charge is 0.269 e. The molecular weight excluding hydrogens is 292 g/mol. The fourth-order valence-corrected chi connectivity index (χ4v) is 2.27. The third-order valence-electron chi connectivity index (χ3n) is 3.46. The van der Waals surface area contributed by atoms with E-state index in [9.17, 15) is 14.9 Å². The summed E-state index contributed by atoms with van der Waals surface area (Å²) in [4.78, 5) is 26.6. The number of nitro benzene ring substituents is 1. The summed E-state index contributed by atoms with van der Waals surface area (Å²) in [6, 6.07) is 15.1. The van der Waals surface area contributed by atoms with Crippen LogP contribution >= 0.6 is 0 Å². The first-order chi connectivity index (χ1) is 11.1. The Labute approximate surface area is 132 Å². The second-order valence-electron chi connectivity index (χ2n) is 4.92. The van der Waals surface area contributed by atoms with Crippen molar-refractivity contribution in [1.82, 2.24) is 4.98 Å². The van der Waals surface area contributed by atoms with Crippen molar-refractivity contribution in [2.75, 3.05) is 0 Å². The van der Waals surface area contributed by atoms with Gasteiger partial charge in [0.15, 0.2) is 5.78 Å². The first kappa shape index (κ1) is 14.6. The molecule has 2 aromatic carbocycles. The van der Waals surface area contributed by atoms with Crippen molar-refractivity contribution in [3.63, 3.8) is 0 Å². The zero-order valence-electron chi connectivity index (χ0n) is 12.0. The fourth-order valence-electron chi connectivity index (χ4n) is 2.27. The number of ketones is 1. The highest BCUT2D eigenvalue weighted by Gasteiger charge is 2.07. The largest absolute Gasteiger partial charge is 0.289 e. The number of nitrogens with zero attached hydrogens (tertiary/aromatic N) is 2. The van der Waals surface area contributed by atoms with Crippen molar-refractivity contribution >= 4 is 28.4 Å². The van der Waals surface area contributed by atoms with E-state index in [1.165, 1.54) is 30.3 Å². The van der Waals surface area contributed by atoms with Gasteiger partial charge < -0.3 is 0 Å². The summed E-state index contributed by atoms with van der Waals surface area (Å²) in [7, 11) is 0. The van der Waals surface area contributed by atoms with Crippen LogP contribution in [0, 0.1) is 10.1 Å². The minimum absolute atomic E-state index is 0.0364. The summed E-state index contributed by atoms with van der Waals surface area (Å²) >= 11 is 0. The Morgan fingerprint density at radius 2 is 1.78 bits per heavy atom. The minimum atomic E-state index is -0.493. The van der Waals surface area contributed by atoms with E-state index in [4.69, 9.17) is 0 Å². The monoisotopic (exact) mass is 304 g/mol. The highest BCUT2D eigenvalue weighted by Crippen LogP contribution is 2.18. The average molecular weight is 304 g/mol. The molecule has 0 aliphatic carbocycles. The van der Waals surface area contributed by atoms with Gasteiger partial charge in [-0.1, -0.05) is 24.3 Å². The lowest BCUT2D eigenvalue weighted by atomic mass is 10.1. The minimum Gasteiger partial charge on any atom is -0.289 e. The Morgan fingerprint density at radius 1 is 1.04 bits per heavy atom. The van der Waals surface area contributed by atoms with E-state index in [0.717, 1.165) is 16.5 Å². The number of pyridine rings is 1. The van der Waals surface area contributed by atoms with Crippen molar-refractivity contribution in [1.29, 1.82) is 0 Å². The Hall–Kier alpha value is -3.34. The standard InChI is InChI=1S/C18H12N2O3/c21-18(14-5-8-15(9-6-14)20(22)23)10-7-13-11-12-19-17-4-2-1-3-16(13)17/h1-12H/b10-7-. The van der Waals surface area contributed by atoms with Crippen molar-refractivity contribution in [3.05, 3.63) is 88.1 Å². The second kappa shape index (κ2) is 6.19. The van der Waals surface area contributed by atoms with Gasteiger partial charge in [-0.15, -0.1) is 0 Å². The van der Waals surface area contributed by atoms with Crippen LogP contribution in [0.5, 0.6) is 0 Å². The number of rotatable bonds is 4. The molecule has 112 valence electrons. The molecule has 1 aromatic heterocycles. The molecular formula is C18H12N2O3. The van der Waals surface area contributed by atoms with Crippen LogP contribution in [0.2, 0.25) is 0 Å². The van der Waals surface area contributed by atoms with Crippen LogP contribution in [0.3, 0.4) is 0 Å². The van der Waals surface area contributed by atoms with E-state index in [-0.39, 0.29) is 11.5 Å². The van der Waals surface area contributed by atoms with Gasteiger partial charge in [-0.25, -0.2) is 0 Å². The van der Waals surface area contributed by atoms with Crippen molar-refractivity contribution < 1.29 is 9.72 Å². The summed E-state index contributed by atoms with van der Waals surface area (Å²) < 4.78 is 0. The molecule has 0 aliphatic heterocycles. The van der Waals surface area contributed by atoms with Gasteiger partial charge in [-0.2, -0.15) is 0 Å². The van der Waals surface area contributed by atoms with Crippen molar-refractivity contribution in [2.45, 2.75) is 0 Å². The lowest BCUT2D eigenvalue weighted by Gasteiger charge is -2.01. The molecule has 5 heteroatoms. The van der Waals surface area contributed by atoms with Crippen molar-refractivity contribution in [3.8, 4) is 0 Å². The highest BCUT2D eigenvalue weighted by atomic mass is 16.6. The number of carbonyl (C=O) groups is 1. The zero-order valence-corrected chi connectivity index (χ0v) is 12.0. The molecule has 3 aromatic rings. The normalized spacial score (nSPS) is 11.0. The number of para-hydroxylation sites is 1. The lowest BCUT2D eigenvalue weighted by Crippen LogP contribution is -1.95. The predicted molar refractivity (Wildman–Crippen MR) is 88.2 cm³/mol. The number of allylic oxidation sites excluding steroid dienone is 1. The number of nitro groups is 1. The predicted octanol–water partition coefficient (Wildman–Crippen LogP) is 4.04. The number of benzene rings is 2. The number of carbonyl (C=O) groups excluding carboxylic acids is 1. The zero-order chi connectivity index (χ0) is 16.2. The Kier molecular flexibility index (Phi) is 3.93. The lowest BCUT2D eigenvalue weighted by molar-refractivity contribution is -0.384. The van der Waals surface area contributed by atoms with Gasteiger partial charge >= 0.3 is 0 Å². The number of non-ortho nitro benzene ring substituents is 1. The van der Waals surface area contributed by atoms with Gasteiger partial charge in [-0.3, -0.25) is 19.9 Å². The van der Waals surface area contributed by atoms with Gasteiger partial charge in [0.25, 0.3) is 5.69 Å². The maximum absolute atomic E-state index is 12.2. The van der Waals surface area contributed by atoms with Gasteiger partial charge in [0.2, 0.25) is 0 Å². The van der Waals surface area contributed by atoms with Crippen LogP contribution in [-0.2, 0) is 0 Å². The summed E-state index contributed by atoms with van der Waals surface area (Å²) in [6.07, 6.45) is 4.88. The SMILES string of the molecule is O=C(/C=C\c1ccnc2ccccc12)c1ccc([N+](=O)[O-])cc1. The summed E-state index contributed by atoms with van der Waals surface area (Å²) in [5, 5.41) is 11.6. The van der Waals surface area contributed by atoms with Gasteiger partial charge in [0.1, 0.15) is 0 Å². The Balaban J connectivity index is 1.86. The molecule has 0 saturated heterocycles. The van der Waals surface area contributed by atoms with E-state index < -0.39 is 4.92 Å². The van der Waals surface area contributed by atoms with Crippen LogP contribution < -0.4 is 0 Å². The molecule has 0 fully saturated rings. The van der Waals surface area contributed by atoms with E-state index >= 15 is 0 Å². The number of aromatic nitrogens is 1. The first-order valence-electron chi connectivity index (χ1n) is 6.96. The molecule has 0 radical (unpaired) electrons. The van der Waals surface area contributed by atoms with Crippen LogP contribution in [0.4, 0.5) is 5.69 Å². The third kappa shape index (κ3) is 3.13. The van der Waals surface area contributed by atoms with Crippen LogP contribution in [0.25, 0.3) is 17.0 Å². The molecule has 0 aliphatic rings. The van der Waals surface area contributed by atoms with Gasteiger partial charge in [0, 0.05) is 29.3 Å². The van der Waals surface area contributed by atoms with E-state index in [0.29, 0.717) is 5.56 Å². The number of fused-ring (bicyclic) bond motifs is 1. The fraction of sp³-hybridized carbons (Fsp3) is 0. The molecule has 23 heavy (non-hydrogen) atoms. The molecule has 0 unspecified atom stereocenters. The molecule has 3 rings (SSSR count). The van der Waals surface area contributed by atoms with E-state index in [2.05, 4.69) is 4.98 Å². The molecule has 0 saturated carbocycles. The van der Waals surface area contributed by atoms with Crippen molar-refractivity contribution in [2.24, 2.45) is 0 Å². The molecule has 1 heterocycles. The second-order valence-corrected chi connectivity index (χ2v) is 4.92. The quantitative estimate of drug-likeness (QED) is 0.315. The molecule has 0 bridgehead atoms. The van der Waals surface area contributed by atoms with Gasteiger partial charge in [-0.05, 0) is 35.9 Å². The Bertz CT molecular complexity index is 910. The molecule has 0 spiro atoms. The molecule has 0 amide bonds. The highest BCUT2D eigenvalue weighted by molar-refractivity contribution is 6.07. The maximum atomic E-state index is 12.2. The first-order valence-corrected chi connectivity index (χ1v) is 6.96. The summed E-state index contributed by atoms with van der Waals surface area (Å²) in [6.45, 7) is 0. The van der Waals surface area contributed by atoms with Gasteiger partial charge in [0.05, 0.1) is 10.4 Å². The van der Waals surface area contributed by atoms with Crippen LogP contribution in [-0.4, -0.2) is 15.7 Å².